The lowest BCUT2D eigenvalue weighted by Gasteiger charge is -2.19. The number of nitrogen functional groups attached to an aromatic ring is 1. The van der Waals surface area contributed by atoms with Gasteiger partial charge in [0.05, 0.1) is 5.69 Å². The second-order valence-corrected chi connectivity index (χ2v) is 4.92. The molecule has 0 aliphatic carbocycles. The van der Waals surface area contributed by atoms with Crippen LogP contribution in [-0.2, 0) is 20.9 Å². The maximum Gasteiger partial charge on any atom is 0.323 e. The minimum absolute atomic E-state index is 0.202. The first-order valence-corrected chi connectivity index (χ1v) is 7.01. The number of carbonyl (C=O) groups excluding carboxylic acids is 3. The van der Waals surface area contributed by atoms with Gasteiger partial charge in [-0.05, 0) is 23.8 Å². The Hall–Kier alpha value is -3.15. The second kappa shape index (κ2) is 7.22. The van der Waals surface area contributed by atoms with E-state index in [0.717, 1.165) is 10.5 Å². The van der Waals surface area contributed by atoms with Crippen LogP contribution in [0.4, 0.5) is 11.4 Å². The fourth-order valence-electron chi connectivity index (χ4n) is 2.06. The van der Waals surface area contributed by atoms with Crippen LogP contribution in [0.3, 0.4) is 0 Å². The molecular weight excluding hydrogens is 294 g/mol. The molecule has 3 N–H and O–H groups in total. The number of rotatable bonds is 3. The molecule has 118 valence electrons. The third-order valence-electron chi connectivity index (χ3n) is 3.14. The van der Waals surface area contributed by atoms with Crippen LogP contribution in [-0.4, -0.2) is 17.7 Å². The predicted molar refractivity (Wildman–Crippen MR) is 87.3 cm³/mol. The van der Waals surface area contributed by atoms with E-state index in [1.54, 1.807) is 18.2 Å². The van der Waals surface area contributed by atoms with Crippen LogP contribution >= 0.6 is 0 Å². The van der Waals surface area contributed by atoms with Crippen LogP contribution in [0, 0.1) is 0 Å². The van der Waals surface area contributed by atoms with Crippen LogP contribution in [0.15, 0.2) is 54.6 Å². The summed E-state index contributed by atoms with van der Waals surface area (Å²) in [7, 11) is 0. The van der Waals surface area contributed by atoms with Crippen LogP contribution in [0.25, 0.3) is 0 Å². The van der Waals surface area contributed by atoms with Gasteiger partial charge in [0.2, 0.25) is 5.91 Å². The van der Waals surface area contributed by atoms with E-state index in [-0.39, 0.29) is 12.2 Å². The van der Waals surface area contributed by atoms with E-state index in [1.165, 1.54) is 13.0 Å². The van der Waals surface area contributed by atoms with Gasteiger partial charge in [-0.15, -0.1) is 0 Å². The number of anilines is 2. The minimum Gasteiger partial charge on any atom is -0.399 e. The lowest BCUT2D eigenvalue weighted by atomic mass is 10.2. The summed E-state index contributed by atoms with van der Waals surface area (Å²) < 4.78 is 0. The maximum absolute atomic E-state index is 12.3. The van der Waals surface area contributed by atoms with Crippen LogP contribution in [0.2, 0.25) is 0 Å². The molecule has 23 heavy (non-hydrogen) atoms. The highest BCUT2D eigenvalue weighted by Crippen LogP contribution is 2.18. The van der Waals surface area contributed by atoms with E-state index in [0.29, 0.717) is 5.69 Å². The second-order valence-electron chi connectivity index (χ2n) is 4.92. The largest absolute Gasteiger partial charge is 0.399 e. The molecule has 2 rings (SSSR count). The minimum atomic E-state index is -0.945. The first kappa shape index (κ1) is 16.2. The summed E-state index contributed by atoms with van der Waals surface area (Å²) in [4.78, 5) is 36.9. The standard InChI is InChI=1S/C17H17N3O3/c1-12(21)20(15-9-5-8-14(18)10-15)17(23)16(22)19-11-13-6-3-2-4-7-13/h2-10H,11,18H2,1H3,(H,19,22). The third kappa shape index (κ3) is 4.16. The molecule has 0 heterocycles. The summed E-state index contributed by atoms with van der Waals surface area (Å²) in [5, 5.41) is 2.50. The molecular formula is C17H17N3O3. The molecule has 0 aliphatic rings. The van der Waals surface area contributed by atoms with Crippen molar-refractivity contribution in [2.24, 2.45) is 0 Å². The molecule has 0 spiro atoms. The molecule has 3 amide bonds. The van der Waals surface area contributed by atoms with Gasteiger partial charge in [-0.1, -0.05) is 36.4 Å². The molecule has 0 aliphatic heterocycles. The van der Waals surface area contributed by atoms with Gasteiger partial charge in [-0.2, -0.15) is 0 Å². The Bertz CT molecular complexity index is 729. The monoisotopic (exact) mass is 311 g/mol. The van der Waals surface area contributed by atoms with Gasteiger partial charge < -0.3 is 11.1 Å². The smallest absolute Gasteiger partial charge is 0.323 e. The molecule has 0 radical (unpaired) electrons. The van der Waals surface area contributed by atoms with Gasteiger partial charge in [0.15, 0.2) is 0 Å². The predicted octanol–water partition coefficient (Wildman–Crippen LogP) is 1.46. The van der Waals surface area contributed by atoms with Gasteiger partial charge in [0.25, 0.3) is 0 Å². The molecule has 0 aromatic heterocycles. The number of hydrogen-bond acceptors (Lipinski definition) is 4. The number of nitrogens with zero attached hydrogens (tertiary/aromatic N) is 1. The number of amides is 3. The number of imide groups is 1. The van der Waals surface area contributed by atoms with Gasteiger partial charge in [-0.25, -0.2) is 4.90 Å². The number of hydrogen-bond donors (Lipinski definition) is 2. The Labute approximate surface area is 133 Å². The van der Waals surface area contributed by atoms with Crippen LogP contribution in [0.1, 0.15) is 12.5 Å². The van der Waals surface area contributed by atoms with Crippen molar-refractivity contribution in [2.75, 3.05) is 10.6 Å². The molecule has 0 saturated carbocycles. The average molecular weight is 311 g/mol. The SMILES string of the molecule is CC(=O)N(C(=O)C(=O)NCc1ccccc1)c1cccc(N)c1. The maximum atomic E-state index is 12.3. The lowest BCUT2D eigenvalue weighted by molar-refractivity contribution is -0.139. The van der Waals surface area contributed by atoms with Crippen molar-refractivity contribution < 1.29 is 14.4 Å². The van der Waals surface area contributed by atoms with Crippen molar-refractivity contribution in [3.63, 3.8) is 0 Å². The number of nitrogens with one attached hydrogen (secondary N) is 1. The highest BCUT2D eigenvalue weighted by Gasteiger charge is 2.26. The van der Waals surface area contributed by atoms with Crippen LogP contribution < -0.4 is 16.0 Å². The van der Waals surface area contributed by atoms with Gasteiger partial charge in [-0.3, -0.25) is 14.4 Å². The normalized spacial score (nSPS) is 9.96. The molecule has 0 atom stereocenters. The quantitative estimate of drug-likeness (QED) is 0.663. The summed E-state index contributed by atoms with van der Waals surface area (Å²) in [6, 6.07) is 15.4. The highest BCUT2D eigenvalue weighted by atomic mass is 16.2. The summed E-state index contributed by atoms with van der Waals surface area (Å²) >= 11 is 0. The fraction of sp³-hybridized carbons (Fsp3) is 0.118. The molecule has 6 nitrogen and oxygen atoms in total. The Morgan fingerprint density at radius 1 is 1.04 bits per heavy atom. The van der Waals surface area contributed by atoms with Crippen LogP contribution in [0.5, 0.6) is 0 Å². The summed E-state index contributed by atoms with van der Waals surface area (Å²) in [5.41, 5.74) is 7.17. The van der Waals surface area contributed by atoms with E-state index >= 15 is 0 Å². The Morgan fingerprint density at radius 3 is 2.35 bits per heavy atom. The van der Waals surface area contributed by atoms with E-state index in [9.17, 15) is 14.4 Å². The molecule has 0 bridgehead atoms. The first-order chi connectivity index (χ1) is 11.0. The average Bonchev–Trinajstić information content (AvgIpc) is 2.53. The van der Waals surface area contributed by atoms with Crippen molar-refractivity contribution in [3.05, 3.63) is 60.2 Å². The van der Waals surface area contributed by atoms with Gasteiger partial charge >= 0.3 is 11.8 Å². The number of carbonyl (C=O) groups is 3. The van der Waals surface area contributed by atoms with E-state index < -0.39 is 17.7 Å². The zero-order valence-electron chi connectivity index (χ0n) is 12.7. The van der Waals surface area contributed by atoms with Crippen molar-refractivity contribution in [1.82, 2.24) is 5.32 Å². The summed E-state index contributed by atoms with van der Waals surface area (Å²) in [6.07, 6.45) is 0. The fourth-order valence-corrected chi connectivity index (χ4v) is 2.06. The topological polar surface area (TPSA) is 92.5 Å². The van der Waals surface area contributed by atoms with Gasteiger partial charge in [0, 0.05) is 19.2 Å². The van der Waals surface area contributed by atoms with Crippen molar-refractivity contribution in [3.8, 4) is 0 Å². The molecule has 6 heteroatoms. The molecule has 0 unspecified atom stereocenters. The molecule has 2 aromatic carbocycles. The summed E-state index contributed by atoms with van der Waals surface area (Å²) in [5.74, 6) is -2.36. The number of nitrogens with two attached hydrogens (primary N) is 1. The van der Waals surface area contributed by atoms with E-state index in [2.05, 4.69) is 5.32 Å². The Morgan fingerprint density at radius 2 is 1.74 bits per heavy atom. The Kier molecular flexibility index (Phi) is 5.09. The zero-order valence-corrected chi connectivity index (χ0v) is 12.7. The first-order valence-electron chi connectivity index (χ1n) is 7.01. The van der Waals surface area contributed by atoms with Gasteiger partial charge in [0.1, 0.15) is 0 Å². The number of benzene rings is 2. The summed E-state index contributed by atoms with van der Waals surface area (Å²) in [6.45, 7) is 1.42. The van der Waals surface area contributed by atoms with E-state index in [1.807, 2.05) is 30.3 Å². The molecule has 2 aromatic rings. The van der Waals surface area contributed by atoms with Crippen molar-refractivity contribution >= 4 is 29.1 Å². The van der Waals surface area contributed by atoms with E-state index in [4.69, 9.17) is 5.73 Å². The molecule has 0 saturated heterocycles. The van der Waals surface area contributed by atoms with Crippen molar-refractivity contribution in [2.45, 2.75) is 13.5 Å². The third-order valence-corrected chi connectivity index (χ3v) is 3.14. The Balaban J connectivity index is 2.11. The van der Waals surface area contributed by atoms with Crippen molar-refractivity contribution in [1.29, 1.82) is 0 Å². The zero-order chi connectivity index (χ0) is 16.8. The lowest BCUT2D eigenvalue weighted by Crippen LogP contribution is -2.45. The molecule has 0 fully saturated rings. The highest BCUT2D eigenvalue weighted by molar-refractivity contribution is 6.45.